The number of nitrogens with one attached hydrogen (secondary N) is 2. The summed E-state index contributed by atoms with van der Waals surface area (Å²) in [6, 6.07) is 15.4. The highest BCUT2D eigenvalue weighted by molar-refractivity contribution is 6.30. The number of amides is 1. The number of hydrogen-bond donors (Lipinski definition) is 2. The fourth-order valence-corrected chi connectivity index (χ4v) is 3.08. The lowest BCUT2D eigenvalue weighted by Gasteiger charge is -2.19. The van der Waals surface area contributed by atoms with Gasteiger partial charge in [0.15, 0.2) is 0 Å². The first-order valence-electron chi connectivity index (χ1n) is 9.18. The highest BCUT2D eigenvalue weighted by atomic mass is 35.5. The van der Waals surface area contributed by atoms with Crippen molar-refractivity contribution in [1.29, 1.82) is 0 Å². The number of rotatable bonds is 10. The van der Waals surface area contributed by atoms with Crippen LogP contribution in [0.2, 0.25) is 5.02 Å². The molecular formula is C21H25ClN2O3. The molecule has 27 heavy (non-hydrogen) atoms. The van der Waals surface area contributed by atoms with Crippen LogP contribution in [0.3, 0.4) is 0 Å². The van der Waals surface area contributed by atoms with Crippen molar-refractivity contribution in [1.82, 2.24) is 10.6 Å². The Morgan fingerprint density at radius 3 is 2.41 bits per heavy atom. The van der Waals surface area contributed by atoms with Gasteiger partial charge in [0.25, 0.3) is 0 Å². The maximum absolute atomic E-state index is 12.1. The highest BCUT2D eigenvalue weighted by Crippen LogP contribution is 2.41. The number of ether oxygens (including phenoxy) is 2. The molecule has 2 N–H and O–H groups in total. The van der Waals surface area contributed by atoms with Crippen molar-refractivity contribution in [3.05, 3.63) is 59.1 Å². The summed E-state index contributed by atoms with van der Waals surface area (Å²) in [4.78, 5) is 12.1. The van der Waals surface area contributed by atoms with Gasteiger partial charge in [-0.2, -0.15) is 0 Å². The van der Waals surface area contributed by atoms with E-state index in [2.05, 4.69) is 22.8 Å². The molecule has 1 fully saturated rings. The molecule has 0 aromatic heterocycles. The van der Waals surface area contributed by atoms with Crippen molar-refractivity contribution >= 4 is 17.5 Å². The smallest absolute Gasteiger partial charge is 0.234 e. The summed E-state index contributed by atoms with van der Waals surface area (Å²) in [5.41, 5.74) is 1.19. The first kappa shape index (κ1) is 19.5. The summed E-state index contributed by atoms with van der Waals surface area (Å²) >= 11 is 5.84. The normalized spacial score (nSPS) is 14.4. The van der Waals surface area contributed by atoms with Gasteiger partial charge in [0.05, 0.1) is 20.2 Å². The van der Waals surface area contributed by atoms with E-state index in [1.807, 2.05) is 12.1 Å². The molecule has 0 spiro atoms. The fourth-order valence-electron chi connectivity index (χ4n) is 2.95. The Balaban J connectivity index is 1.39. The van der Waals surface area contributed by atoms with Gasteiger partial charge in [0, 0.05) is 11.1 Å². The molecule has 144 valence electrons. The second kappa shape index (κ2) is 9.62. The van der Waals surface area contributed by atoms with E-state index >= 15 is 0 Å². The summed E-state index contributed by atoms with van der Waals surface area (Å²) in [6.45, 7) is 1.16. The van der Waals surface area contributed by atoms with Gasteiger partial charge in [-0.15, -0.1) is 0 Å². The second-order valence-corrected chi connectivity index (χ2v) is 7.06. The molecule has 1 saturated carbocycles. The van der Waals surface area contributed by atoms with E-state index in [9.17, 15) is 4.79 Å². The van der Waals surface area contributed by atoms with Crippen molar-refractivity contribution in [3.63, 3.8) is 0 Å². The summed E-state index contributed by atoms with van der Waals surface area (Å²) in [5.74, 6) is 2.14. The number of benzene rings is 2. The zero-order chi connectivity index (χ0) is 19.1. The van der Waals surface area contributed by atoms with Crippen LogP contribution < -0.4 is 20.1 Å². The van der Waals surface area contributed by atoms with Crippen molar-refractivity contribution in [2.45, 2.75) is 18.9 Å². The first-order valence-corrected chi connectivity index (χ1v) is 9.56. The zero-order valence-electron chi connectivity index (χ0n) is 15.4. The molecule has 6 heteroatoms. The first-order chi connectivity index (χ1) is 13.2. The lowest BCUT2D eigenvalue weighted by molar-refractivity contribution is -0.120. The number of carbonyl (C=O) groups is 1. The molecule has 2 aromatic carbocycles. The third-order valence-electron chi connectivity index (χ3n) is 4.56. The molecule has 1 amide bonds. The van der Waals surface area contributed by atoms with Gasteiger partial charge >= 0.3 is 0 Å². The van der Waals surface area contributed by atoms with E-state index < -0.39 is 0 Å². The van der Waals surface area contributed by atoms with E-state index in [0.717, 1.165) is 11.5 Å². The molecule has 1 atom stereocenters. The Morgan fingerprint density at radius 2 is 1.78 bits per heavy atom. The van der Waals surface area contributed by atoms with Crippen molar-refractivity contribution in [3.8, 4) is 11.5 Å². The molecule has 1 aliphatic carbocycles. The summed E-state index contributed by atoms with van der Waals surface area (Å²) in [5, 5.41) is 6.94. The van der Waals surface area contributed by atoms with Crippen molar-refractivity contribution in [2.75, 3.05) is 26.8 Å². The number of methoxy groups -OCH3 is 1. The third-order valence-corrected chi connectivity index (χ3v) is 4.81. The Labute approximate surface area is 165 Å². The largest absolute Gasteiger partial charge is 0.497 e. The molecule has 0 bridgehead atoms. The predicted molar refractivity (Wildman–Crippen MR) is 106 cm³/mol. The molecule has 3 rings (SSSR count). The molecule has 1 aliphatic rings. The van der Waals surface area contributed by atoms with E-state index in [4.69, 9.17) is 21.1 Å². The van der Waals surface area contributed by atoms with Gasteiger partial charge in [0.2, 0.25) is 5.91 Å². The van der Waals surface area contributed by atoms with Gasteiger partial charge < -0.3 is 20.1 Å². The van der Waals surface area contributed by atoms with Crippen LogP contribution in [0.15, 0.2) is 48.5 Å². The molecule has 1 unspecified atom stereocenters. The number of carbonyl (C=O) groups excluding carboxylic acids is 1. The summed E-state index contributed by atoms with van der Waals surface area (Å²) in [6.07, 6.45) is 2.39. The second-order valence-electron chi connectivity index (χ2n) is 6.62. The summed E-state index contributed by atoms with van der Waals surface area (Å²) in [7, 11) is 1.66. The number of hydrogen-bond acceptors (Lipinski definition) is 4. The minimum atomic E-state index is -0.0335. The molecule has 0 heterocycles. The fraction of sp³-hybridized carbons (Fsp3) is 0.381. The van der Waals surface area contributed by atoms with E-state index in [1.54, 1.807) is 31.4 Å². The monoisotopic (exact) mass is 388 g/mol. The standard InChI is InChI=1S/C21H25ClN2O3/c1-26-18-8-4-16(5-9-18)21(15-2-3-15)24-14-20(25)23-12-13-27-19-10-6-17(22)7-11-19/h4-11,15,21,24H,2-3,12-14H2,1H3,(H,23,25). The number of halogens is 1. The van der Waals surface area contributed by atoms with Crippen LogP contribution in [-0.2, 0) is 4.79 Å². The lowest BCUT2D eigenvalue weighted by atomic mass is 10.0. The Hall–Kier alpha value is -2.24. The van der Waals surface area contributed by atoms with Gasteiger partial charge in [-0.05, 0) is 60.7 Å². The third kappa shape index (κ3) is 6.15. The van der Waals surface area contributed by atoms with Crippen LogP contribution >= 0.6 is 11.6 Å². The Morgan fingerprint density at radius 1 is 1.11 bits per heavy atom. The topological polar surface area (TPSA) is 59.6 Å². The highest BCUT2D eigenvalue weighted by Gasteiger charge is 2.32. The molecule has 0 aliphatic heterocycles. The minimum Gasteiger partial charge on any atom is -0.497 e. The van der Waals surface area contributed by atoms with Crippen LogP contribution in [-0.4, -0.2) is 32.7 Å². The zero-order valence-corrected chi connectivity index (χ0v) is 16.2. The average molecular weight is 389 g/mol. The Bertz CT molecular complexity index is 730. The Kier molecular flexibility index (Phi) is 6.96. The van der Waals surface area contributed by atoms with Gasteiger partial charge in [-0.3, -0.25) is 4.79 Å². The molecule has 0 radical (unpaired) electrons. The molecule has 2 aromatic rings. The van der Waals surface area contributed by atoms with Gasteiger partial charge in [0.1, 0.15) is 18.1 Å². The SMILES string of the molecule is COc1ccc(C(NCC(=O)NCCOc2ccc(Cl)cc2)C2CC2)cc1. The van der Waals surface area contributed by atoms with E-state index in [1.165, 1.54) is 18.4 Å². The van der Waals surface area contributed by atoms with E-state index in [0.29, 0.717) is 24.1 Å². The average Bonchev–Trinajstić information content (AvgIpc) is 3.52. The molecule has 5 nitrogen and oxygen atoms in total. The van der Waals surface area contributed by atoms with Crippen LogP contribution in [0.5, 0.6) is 11.5 Å². The van der Waals surface area contributed by atoms with E-state index in [-0.39, 0.29) is 18.5 Å². The van der Waals surface area contributed by atoms with Crippen LogP contribution in [0, 0.1) is 5.92 Å². The van der Waals surface area contributed by atoms with Crippen LogP contribution in [0.4, 0.5) is 0 Å². The minimum absolute atomic E-state index is 0.0335. The summed E-state index contributed by atoms with van der Waals surface area (Å²) < 4.78 is 10.8. The maximum atomic E-state index is 12.1. The van der Waals surface area contributed by atoms with Gasteiger partial charge in [-0.1, -0.05) is 23.7 Å². The van der Waals surface area contributed by atoms with Crippen LogP contribution in [0.25, 0.3) is 0 Å². The van der Waals surface area contributed by atoms with Crippen molar-refractivity contribution in [2.24, 2.45) is 5.92 Å². The predicted octanol–water partition coefficient (Wildman–Crippen LogP) is 3.58. The molecule has 0 saturated heterocycles. The van der Waals surface area contributed by atoms with Crippen LogP contribution in [0.1, 0.15) is 24.4 Å². The maximum Gasteiger partial charge on any atom is 0.234 e. The van der Waals surface area contributed by atoms with Crippen molar-refractivity contribution < 1.29 is 14.3 Å². The quantitative estimate of drug-likeness (QED) is 0.611. The van der Waals surface area contributed by atoms with Gasteiger partial charge in [-0.25, -0.2) is 0 Å². The lowest BCUT2D eigenvalue weighted by Crippen LogP contribution is -2.38. The molecular weight excluding hydrogens is 364 g/mol.